The van der Waals surface area contributed by atoms with Crippen LogP contribution in [0.2, 0.25) is 0 Å². The van der Waals surface area contributed by atoms with Crippen molar-refractivity contribution in [3.8, 4) is 0 Å². The number of morpholine rings is 1. The number of rotatable bonds is 4. The minimum atomic E-state index is -0.434. The third-order valence-corrected chi connectivity index (χ3v) is 4.18. The van der Waals surface area contributed by atoms with Crippen molar-refractivity contribution in [1.29, 1.82) is 0 Å². The number of ether oxygens (including phenoxy) is 1. The lowest BCUT2D eigenvalue weighted by Crippen LogP contribution is -2.48. The van der Waals surface area contributed by atoms with Crippen LogP contribution in [-0.4, -0.2) is 46.8 Å². The molecule has 1 aromatic carbocycles. The molecule has 1 saturated heterocycles. The first kappa shape index (κ1) is 15.8. The molecule has 2 unspecified atom stereocenters. The van der Waals surface area contributed by atoms with Gasteiger partial charge in [0.05, 0.1) is 22.9 Å². The largest absolute Gasteiger partial charge is 0.372 e. The fourth-order valence-corrected chi connectivity index (χ4v) is 3.08. The predicted octanol–water partition coefficient (Wildman–Crippen LogP) is 2.32. The van der Waals surface area contributed by atoms with Crippen LogP contribution in [0.3, 0.4) is 0 Å². The number of nitrogens with zero attached hydrogens (tertiary/aromatic N) is 2. The van der Waals surface area contributed by atoms with Crippen LogP contribution in [0.5, 0.6) is 0 Å². The van der Waals surface area contributed by atoms with Gasteiger partial charge in [0.1, 0.15) is 0 Å². The first-order valence-electron chi connectivity index (χ1n) is 6.76. The summed E-state index contributed by atoms with van der Waals surface area (Å²) in [5, 5.41) is 10.6. The molecule has 1 aromatic rings. The summed E-state index contributed by atoms with van der Waals surface area (Å²) >= 11 is 1.39. The molecule has 0 N–H and O–H groups in total. The Kier molecular flexibility index (Phi) is 5.19. The zero-order chi connectivity index (χ0) is 15.4. The van der Waals surface area contributed by atoms with Crippen LogP contribution in [-0.2, 0) is 9.53 Å². The Balaban J connectivity index is 1.87. The number of amides is 1. The lowest BCUT2D eigenvalue weighted by molar-refractivity contribution is -0.384. The molecule has 0 aliphatic carbocycles. The third-order valence-electron chi connectivity index (χ3n) is 3.18. The average molecular weight is 310 g/mol. The second-order valence-corrected chi connectivity index (χ2v) is 6.14. The van der Waals surface area contributed by atoms with Gasteiger partial charge in [-0.2, -0.15) is 0 Å². The number of nitro benzene ring substituents is 1. The summed E-state index contributed by atoms with van der Waals surface area (Å²) in [4.78, 5) is 25.0. The van der Waals surface area contributed by atoms with Gasteiger partial charge in [-0.3, -0.25) is 14.9 Å². The Hall–Kier alpha value is -1.60. The highest BCUT2D eigenvalue weighted by Gasteiger charge is 2.25. The molecule has 1 heterocycles. The predicted molar refractivity (Wildman–Crippen MR) is 80.4 cm³/mol. The summed E-state index contributed by atoms with van der Waals surface area (Å²) < 4.78 is 5.60. The Morgan fingerprint density at radius 1 is 1.33 bits per heavy atom. The van der Waals surface area contributed by atoms with E-state index in [4.69, 9.17) is 4.74 Å². The molecule has 21 heavy (non-hydrogen) atoms. The van der Waals surface area contributed by atoms with Crippen LogP contribution >= 0.6 is 11.8 Å². The summed E-state index contributed by atoms with van der Waals surface area (Å²) in [7, 11) is 0. The molecule has 1 aliphatic rings. The molecule has 2 rings (SSSR count). The number of carbonyl (C=O) groups is 1. The number of benzene rings is 1. The zero-order valence-corrected chi connectivity index (χ0v) is 12.8. The summed E-state index contributed by atoms with van der Waals surface area (Å²) in [5.41, 5.74) is 0.0569. The van der Waals surface area contributed by atoms with Crippen molar-refractivity contribution in [2.45, 2.75) is 31.0 Å². The van der Waals surface area contributed by atoms with Gasteiger partial charge in [0.25, 0.3) is 5.69 Å². The van der Waals surface area contributed by atoms with Gasteiger partial charge in [-0.1, -0.05) is 0 Å². The van der Waals surface area contributed by atoms with E-state index in [1.807, 2.05) is 18.7 Å². The summed E-state index contributed by atoms with van der Waals surface area (Å²) in [5.74, 6) is 0.400. The minimum absolute atomic E-state index is 0.0569. The van der Waals surface area contributed by atoms with Gasteiger partial charge >= 0.3 is 0 Å². The summed E-state index contributed by atoms with van der Waals surface area (Å²) in [6.45, 7) is 5.15. The Morgan fingerprint density at radius 2 is 1.90 bits per heavy atom. The van der Waals surface area contributed by atoms with Crippen molar-refractivity contribution in [3.63, 3.8) is 0 Å². The normalized spacial score (nSPS) is 22.1. The molecule has 0 aromatic heterocycles. The van der Waals surface area contributed by atoms with Crippen LogP contribution in [0, 0.1) is 10.1 Å². The Labute approximate surface area is 127 Å². The fraction of sp³-hybridized carbons (Fsp3) is 0.500. The first-order chi connectivity index (χ1) is 9.95. The molecular formula is C14H18N2O4S. The van der Waals surface area contributed by atoms with E-state index < -0.39 is 4.92 Å². The van der Waals surface area contributed by atoms with E-state index in [9.17, 15) is 14.9 Å². The highest BCUT2D eigenvalue weighted by atomic mass is 32.2. The molecule has 1 amide bonds. The monoisotopic (exact) mass is 310 g/mol. The molecular weight excluding hydrogens is 292 g/mol. The number of nitro groups is 1. The van der Waals surface area contributed by atoms with Gasteiger partial charge in [0.2, 0.25) is 5.91 Å². The van der Waals surface area contributed by atoms with Crippen molar-refractivity contribution < 1.29 is 14.5 Å². The van der Waals surface area contributed by atoms with Gasteiger partial charge in [-0.15, -0.1) is 11.8 Å². The minimum Gasteiger partial charge on any atom is -0.372 e. The lowest BCUT2D eigenvalue weighted by atomic mass is 10.2. The maximum absolute atomic E-state index is 12.2. The first-order valence-corrected chi connectivity index (χ1v) is 7.74. The van der Waals surface area contributed by atoms with Crippen LogP contribution in [0.25, 0.3) is 0 Å². The van der Waals surface area contributed by atoms with Crippen molar-refractivity contribution in [2.24, 2.45) is 0 Å². The van der Waals surface area contributed by atoms with Gasteiger partial charge < -0.3 is 9.64 Å². The second kappa shape index (κ2) is 6.91. The van der Waals surface area contributed by atoms with Crippen molar-refractivity contribution >= 4 is 23.4 Å². The van der Waals surface area contributed by atoms with E-state index in [-0.39, 0.29) is 23.8 Å². The zero-order valence-electron chi connectivity index (χ0n) is 12.0. The molecule has 0 saturated carbocycles. The van der Waals surface area contributed by atoms with E-state index >= 15 is 0 Å². The standard InChI is InChI=1S/C14H18N2O4S/c1-10-7-15(8-11(2)20-10)14(17)9-21-13-5-3-12(4-6-13)16(18)19/h3-6,10-11H,7-9H2,1-2H3. The van der Waals surface area contributed by atoms with E-state index in [2.05, 4.69) is 0 Å². The van der Waals surface area contributed by atoms with E-state index in [0.29, 0.717) is 18.8 Å². The molecule has 1 aliphatic heterocycles. The highest BCUT2D eigenvalue weighted by molar-refractivity contribution is 8.00. The van der Waals surface area contributed by atoms with E-state index in [1.54, 1.807) is 12.1 Å². The molecule has 114 valence electrons. The Bertz CT molecular complexity index is 510. The SMILES string of the molecule is CC1CN(C(=O)CSc2ccc([N+](=O)[O-])cc2)CC(C)O1. The number of thioether (sulfide) groups is 1. The summed E-state index contributed by atoms with van der Waals surface area (Å²) in [6.07, 6.45) is 0.115. The smallest absolute Gasteiger partial charge is 0.269 e. The maximum Gasteiger partial charge on any atom is 0.269 e. The van der Waals surface area contributed by atoms with Crippen molar-refractivity contribution in [2.75, 3.05) is 18.8 Å². The van der Waals surface area contributed by atoms with Crippen molar-refractivity contribution in [1.82, 2.24) is 4.90 Å². The number of carbonyl (C=O) groups excluding carboxylic acids is 1. The second-order valence-electron chi connectivity index (χ2n) is 5.10. The molecule has 0 radical (unpaired) electrons. The van der Waals surface area contributed by atoms with Gasteiger partial charge in [0.15, 0.2) is 0 Å². The maximum atomic E-state index is 12.2. The van der Waals surface area contributed by atoms with Gasteiger partial charge in [-0.25, -0.2) is 0 Å². The van der Waals surface area contributed by atoms with Crippen LogP contribution in [0.1, 0.15) is 13.8 Å². The van der Waals surface area contributed by atoms with Gasteiger partial charge in [0, 0.05) is 30.1 Å². The number of non-ortho nitro benzene ring substituents is 1. The highest BCUT2D eigenvalue weighted by Crippen LogP contribution is 2.22. The van der Waals surface area contributed by atoms with Crippen LogP contribution < -0.4 is 0 Å². The third kappa shape index (κ3) is 4.44. The molecule has 0 spiro atoms. The van der Waals surface area contributed by atoms with E-state index in [0.717, 1.165) is 4.90 Å². The topological polar surface area (TPSA) is 72.7 Å². The molecule has 2 atom stereocenters. The van der Waals surface area contributed by atoms with E-state index in [1.165, 1.54) is 23.9 Å². The molecule has 0 bridgehead atoms. The fourth-order valence-electron chi connectivity index (χ4n) is 2.28. The lowest BCUT2D eigenvalue weighted by Gasteiger charge is -2.35. The van der Waals surface area contributed by atoms with Crippen LogP contribution in [0.4, 0.5) is 5.69 Å². The van der Waals surface area contributed by atoms with Crippen LogP contribution in [0.15, 0.2) is 29.2 Å². The molecule has 6 nitrogen and oxygen atoms in total. The molecule has 7 heteroatoms. The summed E-state index contributed by atoms with van der Waals surface area (Å²) in [6, 6.07) is 6.23. The number of hydrogen-bond donors (Lipinski definition) is 0. The molecule has 1 fully saturated rings. The Morgan fingerprint density at radius 3 is 2.43 bits per heavy atom. The number of hydrogen-bond acceptors (Lipinski definition) is 5. The quantitative estimate of drug-likeness (QED) is 0.485. The average Bonchev–Trinajstić information content (AvgIpc) is 2.44. The van der Waals surface area contributed by atoms with Crippen molar-refractivity contribution in [3.05, 3.63) is 34.4 Å². The van der Waals surface area contributed by atoms with Gasteiger partial charge in [-0.05, 0) is 26.0 Å².